The van der Waals surface area contributed by atoms with E-state index in [1.165, 1.54) is 11.6 Å². The first-order chi connectivity index (χ1) is 8.65. The van der Waals surface area contributed by atoms with Crippen LogP contribution in [-0.4, -0.2) is 6.04 Å². The Morgan fingerprint density at radius 2 is 2.17 bits per heavy atom. The fraction of sp³-hybridized carbons (Fsp3) is 0.286. The highest BCUT2D eigenvalue weighted by Crippen LogP contribution is 2.17. The number of thiophene rings is 1. The lowest BCUT2D eigenvalue weighted by molar-refractivity contribution is 0.545. The van der Waals surface area contributed by atoms with Gasteiger partial charge in [-0.3, -0.25) is 0 Å². The van der Waals surface area contributed by atoms with E-state index in [1.54, 1.807) is 11.3 Å². The van der Waals surface area contributed by atoms with Crippen molar-refractivity contribution in [3.63, 3.8) is 0 Å². The second-order valence-electron chi connectivity index (χ2n) is 4.37. The zero-order valence-electron chi connectivity index (χ0n) is 10.1. The summed E-state index contributed by atoms with van der Waals surface area (Å²) in [6.45, 7) is 2.92. The number of nitrogens with one attached hydrogen (secondary N) is 1. The highest BCUT2D eigenvalue weighted by atomic mass is 79.9. The number of benzene rings is 1. The van der Waals surface area contributed by atoms with Gasteiger partial charge < -0.3 is 5.32 Å². The molecule has 0 bridgehead atoms. The van der Waals surface area contributed by atoms with Crippen LogP contribution in [-0.2, 0) is 13.0 Å². The number of rotatable bonds is 5. The first-order valence-electron chi connectivity index (χ1n) is 5.83. The van der Waals surface area contributed by atoms with Crippen molar-refractivity contribution in [1.29, 1.82) is 0 Å². The summed E-state index contributed by atoms with van der Waals surface area (Å²) in [6, 6.07) is 7.68. The Bertz CT molecular complexity index is 499. The third-order valence-corrected chi connectivity index (χ3v) is 4.10. The lowest BCUT2D eigenvalue weighted by Crippen LogP contribution is -2.27. The second kappa shape index (κ2) is 6.45. The van der Waals surface area contributed by atoms with Gasteiger partial charge in [-0.1, -0.05) is 6.07 Å². The molecule has 1 N–H and O–H groups in total. The highest BCUT2D eigenvalue weighted by molar-refractivity contribution is 9.10. The molecule has 1 aromatic heterocycles. The van der Waals surface area contributed by atoms with Gasteiger partial charge in [-0.25, -0.2) is 4.39 Å². The van der Waals surface area contributed by atoms with Gasteiger partial charge in [0.05, 0.1) is 4.47 Å². The molecule has 0 fully saturated rings. The summed E-state index contributed by atoms with van der Waals surface area (Å²) in [5.74, 6) is -0.218. The maximum absolute atomic E-state index is 13.1. The van der Waals surface area contributed by atoms with Gasteiger partial charge in [-0.15, -0.1) is 0 Å². The van der Waals surface area contributed by atoms with Crippen molar-refractivity contribution >= 4 is 27.3 Å². The molecule has 96 valence electrons. The van der Waals surface area contributed by atoms with Crippen LogP contribution in [0.4, 0.5) is 4.39 Å². The minimum absolute atomic E-state index is 0.218. The normalized spacial score (nSPS) is 12.6. The van der Waals surface area contributed by atoms with Gasteiger partial charge in [-0.05, 0) is 69.4 Å². The Morgan fingerprint density at radius 3 is 2.83 bits per heavy atom. The molecule has 0 aliphatic heterocycles. The molecule has 2 rings (SSSR count). The number of hydrogen-bond donors (Lipinski definition) is 1. The van der Waals surface area contributed by atoms with Crippen LogP contribution in [0.5, 0.6) is 0 Å². The van der Waals surface area contributed by atoms with Crippen LogP contribution in [0.3, 0.4) is 0 Å². The molecular formula is C14H15BrFNS. The molecule has 1 atom stereocenters. The van der Waals surface area contributed by atoms with Crippen LogP contribution in [0.25, 0.3) is 0 Å². The van der Waals surface area contributed by atoms with Crippen LogP contribution in [0.15, 0.2) is 39.5 Å². The smallest absolute Gasteiger partial charge is 0.137 e. The summed E-state index contributed by atoms with van der Waals surface area (Å²) in [5, 5.41) is 7.71. The predicted octanol–water partition coefficient (Wildman–Crippen LogP) is 4.37. The molecule has 0 saturated carbocycles. The second-order valence-corrected chi connectivity index (χ2v) is 6.00. The maximum atomic E-state index is 13.1. The van der Waals surface area contributed by atoms with Crippen molar-refractivity contribution in [3.05, 3.63) is 56.4 Å². The molecule has 0 spiro atoms. The minimum Gasteiger partial charge on any atom is -0.310 e. The fourth-order valence-corrected chi connectivity index (χ4v) is 2.88. The Hall–Kier alpha value is -0.710. The molecule has 1 nitrogen and oxygen atoms in total. The number of hydrogen-bond acceptors (Lipinski definition) is 2. The predicted molar refractivity (Wildman–Crippen MR) is 78.4 cm³/mol. The molecule has 1 heterocycles. The van der Waals surface area contributed by atoms with Crippen LogP contribution in [0, 0.1) is 5.82 Å². The van der Waals surface area contributed by atoms with Crippen molar-refractivity contribution in [2.45, 2.75) is 25.9 Å². The summed E-state index contributed by atoms with van der Waals surface area (Å²) in [6.07, 6.45) is 1.02. The average molecular weight is 328 g/mol. The summed E-state index contributed by atoms with van der Waals surface area (Å²) < 4.78 is 13.6. The summed E-state index contributed by atoms with van der Waals surface area (Å²) in [4.78, 5) is 0. The van der Waals surface area contributed by atoms with Gasteiger partial charge in [0.15, 0.2) is 0 Å². The average Bonchev–Trinajstić information content (AvgIpc) is 2.83. The Morgan fingerprint density at radius 1 is 1.33 bits per heavy atom. The molecule has 0 aliphatic carbocycles. The van der Waals surface area contributed by atoms with Crippen LogP contribution >= 0.6 is 27.3 Å². The SMILES string of the molecule is CC(Cc1ccsc1)NCc1ccc(F)c(Br)c1. The van der Waals surface area contributed by atoms with E-state index < -0.39 is 0 Å². The van der Waals surface area contributed by atoms with E-state index in [1.807, 2.05) is 12.1 Å². The van der Waals surface area contributed by atoms with Crippen molar-refractivity contribution in [1.82, 2.24) is 5.32 Å². The summed E-state index contributed by atoms with van der Waals surface area (Å²) in [7, 11) is 0. The van der Waals surface area contributed by atoms with E-state index in [4.69, 9.17) is 0 Å². The van der Waals surface area contributed by atoms with Crippen LogP contribution < -0.4 is 5.32 Å². The Balaban J connectivity index is 1.85. The summed E-state index contributed by atoms with van der Waals surface area (Å²) in [5.41, 5.74) is 2.45. The van der Waals surface area contributed by atoms with Crippen molar-refractivity contribution in [3.8, 4) is 0 Å². The van der Waals surface area contributed by atoms with Crippen molar-refractivity contribution in [2.75, 3.05) is 0 Å². The quantitative estimate of drug-likeness (QED) is 0.859. The molecule has 0 aliphatic rings. The third-order valence-electron chi connectivity index (χ3n) is 2.76. The lowest BCUT2D eigenvalue weighted by atomic mass is 10.1. The van der Waals surface area contributed by atoms with E-state index in [-0.39, 0.29) is 5.82 Å². The fourth-order valence-electron chi connectivity index (χ4n) is 1.78. The van der Waals surface area contributed by atoms with Gasteiger partial charge in [0.2, 0.25) is 0 Å². The molecule has 1 aromatic carbocycles. The van der Waals surface area contributed by atoms with Crippen LogP contribution in [0.1, 0.15) is 18.1 Å². The van der Waals surface area contributed by atoms with E-state index >= 15 is 0 Å². The standard InChI is InChI=1S/C14H15BrFNS/c1-10(6-12-4-5-18-9-12)17-8-11-2-3-14(16)13(15)7-11/h2-5,7,9-10,17H,6,8H2,1H3. The molecule has 1 unspecified atom stereocenters. The van der Waals surface area contributed by atoms with E-state index in [9.17, 15) is 4.39 Å². The molecule has 18 heavy (non-hydrogen) atoms. The van der Waals surface area contributed by atoms with Gasteiger partial charge in [0.25, 0.3) is 0 Å². The van der Waals surface area contributed by atoms with E-state index in [0.29, 0.717) is 10.5 Å². The topological polar surface area (TPSA) is 12.0 Å². The largest absolute Gasteiger partial charge is 0.310 e. The first kappa shape index (κ1) is 13.7. The van der Waals surface area contributed by atoms with Gasteiger partial charge >= 0.3 is 0 Å². The minimum atomic E-state index is -0.218. The van der Waals surface area contributed by atoms with Gasteiger partial charge in [0.1, 0.15) is 5.82 Å². The molecule has 0 amide bonds. The molecule has 2 aromatic rings. The monoisotopic (exact) mass is 327 g/mol. The zero-order chi connectivity index (χ0) is 13.0. The first-order valence-corrected chi connectivity index (χ1v) is 7.57. The molecule has 0 saturated heterocycles. The van der Waals surface area contributed by atoms with Gasteiger partial charge in [0, 0.05) is 12.6 Å². The van der Waals surface area contributed by atoms with Crippen molar-refractivity contribution < 1.29 is 4.39 Å². The highest BCUT2D eigenvalue weighted by Gasteiger charge is 2.05. The van der Waals surface area contributed by atoms with Gasteiger partial charge in [-0.2, -0.15) is 11.3 Å². The zero-order valence-corrected chi connectivity index (χ0v) is 12.5. The third kappa shape index (κ3) is 3.90. The maximum Gasteiger partial charge on any atom is 0.137 e. The van der Waals surface area contributed by atoms with Crippen molar-refractivity contribution in [2.24, 2.45) is 0 Å². The van der Waals surface area contributed by atoms with E-state index in [2.05, 4.69) is 45.0 Å². The van der Waals surface area contributed by atoms with E-state index in [0.717, 1.165) is 18.5 Å². The van der Waals surface area contributed by atoms with Crippen LogP contribution in [0.2, 0.25) is 0 Å². The number of halogens is 2. The molecule has 0 radical (unpaired) electrons. The summed E-state index contributed by atoms with van der Waals surface area (Å²) >= 11 is 4.92. The molecular weight excluding hydrogens is 313 g/mol. The molecule has 4 heteroatoms. The lowest BCUT2D eigenvalue weighted by Gasteiger charge is -2.13. The Labute approximate surface area is 119 Å². The Kier molecular flexibility index (Phi) is 4.92.